The second-order valence-corrected chi connectivity index (χ2v) is 4.23. The molecule has 0 aliphatic carbocycles. The minimum absolute atomic E-state index is 0.266. The van der Waals surface area contributed by atoms with Crippen molar-refractivity contribution in [2.75, 3.05) is 0 Å². The van der Waals surface area contributed by atoms with Crippen molar-refractivity contribution in [1.82, 2.24) is 15.2 Å². The number of hydrogen-bond acceptors (Lipinski definition) is 3. The van der Waals surface area contributed by atoms with E-state index in [1.54, 1.807) is 19.4 Å². The second kappa shape index (κ2) is 4.72. The van der Waals surface area contributed by atoms with Crippen molar-refractivity contribution in [1.29, 1.82) is 0 Å². The van der Waals surface area contributed by atoms with Crippen LogP contribution >= 0.6 is 15.9 Å². The van der Waals surface area contributed by atoms with Crippen LogP contribution in [0, 0.1) is 6.92 Å². The summed E-state index contributed by atoms with van der Waals surface area (Å²) in [5.74, 6) is 4.90. The zero-order chi connectivity index (χ0) is 12.5. The highest BCUT2D eigenvalue weighted by Gasteiger charge is 2.39. The van der Waals surface area contributed by atoms with Gasteiger partial charge in [-0.3, -0.25) is 10.5 Å². The first-order valence-corrected chi connectivity index (χ1v) is 5.27. The van der Waals surface area contributed by atoms with Crippen LogP contribution in [0.4, 0.5) is 13.2 Å². The van der Waals surface area contributed by atoms with Crippen LogP contribution in [0.25, 0.3) is 0 Å². The molecule has 1 unspecified atom stereocenters. The number of aromatic nitrogens is 2. The Morgan fingerprint density at radius 2 is 2.12 bits per heavy atom. The lowest BCUT2D eigenvalue weighted by molar-refractivity contribution is -0.155. The highest BCUT2D eigenvalue weighted by Crippen LogP contribution is 2.27. The molecule has 0 amide bonds. The van der Waals surface area contributed by atoms with Crippen LogP contribution in [0.5, 0.6) is 0 Å². The van der Waals surface area contributed by atoms with Gasteiger partial charge >= 0.3 is 6.18 Å². The van der Waals surface area contributed by atoms with E-state index in [0.717, 1.165) is 0 Å². The number of hydrazine groups is 1. The molecule has 1 aromatic rings. The minimum atomic E-state index is -4.38. The Balaban J connectivity index is 2.95. The van der Waals surface area contributed by atoms with Crippen molar-refractivity contribution in [2.45, 2.75) is 25.6 Å². The maximum atomic E-state index is 12.5. The molecular formula is C8H12BrF3N4. The van der Waals surface area contributed by atoms with Crippen LogP contribution in [0.3, 0.4) is 0 Å². The van der Waals surface area contributed by atoms with Gasteiger partial charge in [-0.25, -0.2) is 5.43 Å². The third-order valence-corrected chi connectivity index (χ3v) is 3.29. The molecule has 1 rings (SSSR count). The predicted octanol–water partition coefficient (Wildman–Crippen LogP) is 1.43. The van der Waals surface area contributed by atoms with E-state index in [1.807, 2.05) is 0 Å². The third-order valence-electron chi connectivity index (χ3n) is 2.26. The van der Waals surface area contributed by atoms with Gasteiger partial charge < -0.3 is 0 Å². The van der Waals surface area contributed by atoms with E-state index in [9.17, 15) is 13.2 Å². The smallest absolute Gasteiger partial charge is 0.271 e. The molecular weight excluding hydrogens is 289 g/mol. The molecule has 0 aliphatic rings. The fourth-order valence-electron chi connectivity index (χ4n) is 1.36. The van der Waals surface area contributed by atoms with Crippen molar-refractivity contribution in [3.63, 3.8) is 0 Å². The van der Waals surface area contributed by atoms with E-state index in [4.69, 9.17) is 5.84 Å². The quantitative estimate of drug-likeness (QED) is 0.656. The zero-order valence-electron chi connectivity index (χ0n) is 8.77. The maximum absolute atomic E-state index is 12.5. The number of aryl methyl sites for hydroxylation is 2. The topological polar surface area (TPSA) is 55.9 Å². The molecule has 4 nitrogen and oxygen atoms in total. The van der Waals surface area contributed by atoms with E-state index < -0.39 is 12.2 Å². The van der Waals surface area contributed by atoms with Crippen LogP contribution < -0.4 is 11.3 Å². The largest absolute Gasteiger partial charge is 0.405 e. The van der Waals surface area contributed by atoms with Gasteiger partial charge in [0.2, 0.25) is 0 Å². The number of rotatable bonds is 3. The summed E-state index contributed by atoms with van der Waals surface area (Å²) < 4.78 is 39.5. The molecule has 8 heteroatoms. The Labute approximate surface area is 99.1 Å². The highest BCUT2D eigenvalue weighted by atomic mass is 79.9. The van der Waals surface area contributed by atoms with Crippen LogP contribution in [0.1, 0.15) is 11.4 Å². The van der Waals surface area contributed by atoms with Gasteiger partial charge in [-0.15, -0.1) is 0 Å². The normalized spacial score (nSPS) is 14.2. The van der Waals surface area contributed by atoms with E-state index in [2.05, 4.69) is 21.0 Å². The standard InChI is InChI=1S/C8H12BrF3N4/c1-4-7(9)5(16(2)15-4)3-6(14-13)8(10,11)12/h6,14H,3,13H2,1-2H3. The molecule has 0 radical (unpaired) electrons. The number of nitrogens with one attached hydrogen (secondary N) is 1. The lowest BCUT2D eigenvalue weighted by atomic mass is 10.1. The lowest BCUT2D eigenvalue weighted by Crippen LogP contribution is -2.47. The molecule has 3 N–H and O–H groups in total. The number of halogens is 4. The molecule has 1 atom stereocenters. The van der Waals surface area contributed by atoms with E-state index in [-0.39, 0.29) is 6.42 Å². The first kappa shape index (κ1) is 13.5. The van der Waals surface area contributed by atoms with Crippen LogP contribution in [0.2, 0.25) is 0 Å². The molecule has 0 saturated carbocycles. The van der Waals surface area contributed by atoms with Gasteiger partial charge in [0.25, 0.3) is 0 Å². The Hall–Kier alpha value is -0.600. The molecule has 0 aromatic carbocycles. The SMILES string of the molecule is Cc1nn(C)c(CC(NN)C(F)(F)F)c1Br. The fraction of sp³-hybridized carbons (Fsp3) is 0.625. The summed E-state index contributed by atoms with van der Waals surface area (Å²) in [6.45, 7) is 1.71. The highest BCUT2D eigenvalue weighted by molar-refractivity contribution is 9.10. The number of alkyl halides is 3. The average molecular weight is 301 g/mol. The Morgan fingerprint density at radius 3 is 2.44 bits per heavy atom. The van der Waals surface area contributed by atoms with Crippen molar-refractivity contribution < 1.29 is 13.2 Å². The summed E-state index contributed by atoms with van der Waals surface area (Å²) >= 11 is 3.21. The molecule has 0 bridgehead atoms. The number of nitrogens with zero attached hydrogens (tertiary/aromatic N) is 2. The zero-order valence-corrected chi connectivity index (χ0v) is 10.4. The first-order valence-electron chi connectivity index (χ1n) is 4.48. The van der Waals surface area contributed by atoms with Gasteiger partial charge in [0.1, 0.15) is 6.04 Å². The summed E-state index contributed by atoms with van der Waals surface area (Å²) in [5, 5.41) is 4.01. The van der Waals surface area contributed by atoms with Crippen LogP contribution in [-0.4, -0.2) is 22.0 Å². The number of hydrogen-bond donors (Lipinski definition) is 2. The minimum Gasteiger partial charge on any atom is -0.271 e. The van der Waals surface area contributed by atoms with E-state index in [1.165, 1.54) is 4.68 Å². The van der Waals surface area contributed by atoms with E-state index in [0.29, 0.717) is 15.9 Å². The van der Waals surface area contributed by atoms with Gasteiger partial charge in [0, 0.05) is 13.5 Å². The van der Waals surface area contributed by atoms with Crippen molar-refractivity contribution in [3.8, 4) is 0 Å². The number of nitrogens with two attached hydrogens (primary N) is 1. The summed E-state index contributed by atoms with van der Waals surface area (Å²) in [7, 11) is 1.59. The molecule has 1 aromatic heterocycles. The Morgan fingerprint density at radius 1 is 1.56 bits per heavy atom. The monoisotopic (exact) mass is 300 g/mol. The maximum Gasteiger partial charge on any atom is 0.405 e. The van der Waals surface area contributed by atoms with Gasteiger partial charge in [-0.05, 0) is 22.9 Å². The van der Waals surface area contributed by atoms with Crippen molar-refractivity contribution >= 4 is 15.9 Å². The van der Waals surface area contributed by atoms with Crippen molar-refractivity contribution in [3.05, 3.63) is 15.9 Å². The summed E-state index contributed by atoms with van der Waals surface area (Å²) in [4.78, 5) is 0. The fourth-order valence-corrected chi connectivity index (χ4v) is 1.86. The first-order chi connectivity index (χ1) is 7.27. The average Bonchev–Trinajstić information content (AvgIpc) is 2.37. The summed E-state index contributed by atoms with van der Waals surface area (Å²) in [5.41, 5.74) is 2.87. The van der Waals surface area contributed by atoms with Crippen LogP contribution in [0.15, 0.2) is 4.47 Å². The van der Waals surface area contributed by atoms with E-state index >= 15 is 0 Å². The van der Waals surface area contributed by atoms with Gasteiger partial charge in [0.05, 0.1) is 15.9 Å². The second-order valence-electron chi connectivity index (χ2n) is 3.43. The molecule has 16 heavy (non-hydrogen) atoms. The predicted molar refractivity (Wildman–Crippen MR) is 56.5 cm³/mol. The van der Waals surface area contributed by atoms with Gasteiger partial charge in [-0.2, -0.15) is 18.3 Å². The van der Waals surface area contributed by atoms with Gasteiger partial charge in [-0.1, -0.05) is 0 Å². The lowest BCUT2D eigenvalue weighted by Gasteiger charge is -2.19. The van der Waals surface area contributed by atoms with Crippen LogP contribution in [-0.2, 0) is 13.5 Å². The summed E-state index contributed by atoms with van der Waals surface area (Å²) in [6.07, 6.45) is -4.65. The molecule has 0 fully saturated rings. The van der Waals surface area contributed by atoms with Crippen molar-refractivity contribution in [2.24, 2.45) is 12.9 Å². The Kier molecular flexibility index (Phi) is 3.97. The molecule has 1 heterocycles. The molecule has 0 spiro atoms. The molecule has 0 aliphatic heterocycles. The van der Waals surface area contributed by atoms with Gasteiger partial charge in [0.15, 0.2) is 0 Å². The summed E-state index contributed by atoms with van der Waals surface area (Å²) in [6, 6.07) is -1.78. The molecule has 92 valence electrons. The Bertz CT molecular complexity index is 374. The molecule has 0 saturated heterocycles. The third kappa shape index (κ3) is 2.74.